The molecule has 0 saturated carbocycles. The highest BCUT2D eigenvalue weighted by Crippen LogP contribution is 2.57. The van der Waals surface area contributed by atoms with Crippen LogP contribution in [0.25, 0.3) is 22.3 Å². The van der Waals surface area contributed by atoms with Crippen LogP contribution in [0.5, 0.6) is 0 Å². The van der Waals surface area contributed by atoms with E-state index in [4.69, 9.17) is 40.4 Å². The fourth-order valence-electron chi connectivity index (χ4n) is 4.52. The van der Waals surface area contributed by atoms with Gasteiger partial charge in [-0.3, -0.25) is 23.8 Å². The van der Waals surface area contributed by atoms with Crippen molar-refractivity contribution in [3.8, 4) is 0 Å². The number of ether oxygens (including phenoxy) is 1. The minimum absolute atomic E-state index is 0.00339. The summed E-state index contributed by atoms with van der Waals surface area (Å²) in [5.74, 6) is 0.518. The molecule has 2 aliphatic heterocycles. The summed E-state index contributed by atoms with van der Waals surface area (Å²) in [6, 6.07) is 0. The van der Waals surface area contributed by atoms with Crippen LogP contribution >= 0.6 is 25.8 Å². The first-order valence-electron chi connectivity index (χ1n) is 11.9. The van der Waals surface area contributed by atoms with E-state index in [0.717, 1.165) is 0 Å². The van der Waals surface area contributed by atoms with Crippen molar-refractivity contribution >= 4 is 65.8 Å². The Kier molecular flexibility index (Phi) is 7.51. The molecular weight excluding hydrogens is 627 g/mol. The normalized spacial score (nSPS) is 31.6. The number of H-pyrrole nitrogens is 2. The maximum Gasteiger partial charge on any atom is 0.387 e. The third-order valence-corrected chi connectivity index (χ3v) is 9.53. The molecule has 6 rings (SSSR count). The van der Waals surface area contributed by atoms with Crippen molar-refractivity contribution in [3.05, 3.63) is 34.5 Å². The average molecular weight is 651 g/mol. The Hall–Kier alpha value is -2.38. The Balaban J connectivity index is 1.38. The number of hydrogen-bond donors (Lipinski definition) is 5. The van der Waals surface area contributed by atoms with E-state index in [1.54, 1.807) is 11.5 Å². The van der Waals surface area contributed by atoms with Crippen LogP contribution in [0, 0.1) is 6.92 Å². The second-order valence-electron chi connectivity index (χ2n) is 9.06. The number of aryl methyl sites for hydroxylation is 1. The molecule has 17 nitrogen and oxygen atoms in total. The lowest BCUT2D eigenvalue weighted by molar-refractivity contribution is -0.744. The molecule has 0 aromatic carbocycles. The predicted molar refractivity (Wildman–Crippen MR) is 145 cm³/mol. The van der Waals surface area contributed by atoms with Crippen molar-refractivity contribution in [3.63, 3.8) is 0 Å². The highest BCUT2D eigenvalue weighted by atomic mass is 32.7. The van der Waals surface area contributed by atoms with Gasteiger partial charge in [-0.05, 0) is 18.7 Å². The number of alkyl halides is 1. The molecule has 2 aliphatic rings. The van der Waals surface area contributed by atoms with E-state index < -0.39 is 50.3 Å². The van der Waals surface area contributed by atoms with Crippen molar-refractivity contribution in [2.75, 3.05) is 18.9 Å². The second kappa shape index (κ2) is 10.7. The first kappa shape index (κ1) is 28.7. The zero-order valence-electron chi connectivity index (χ0n) is 21.0. The number of aromatic nitrogens is 8. The molecule has 2 bridgehead atoms. The number of nitrogens with one attached hydrogen (secondary N) is 2. The zero-order valence-corrected chi connectivity index (χ0v) is 24.5. The van der Waals surface area contributed by atoms with E-state index in [0.29, 0.717) is 17.0 Å². The van der Waals surface area contributed by atoms with E-state index in [1.165, 1.54) is 17.1 Å². The highest BCUT2D eigenvalue weighted by molar-refractivity contribution is 8.44. The Morgan fingerprint density at radius 1 is 1.32 bits per heavy atom. The molecule has 6 heterocycles. The van der Waals surface area contributed by atoms with Crippen LogP contribution in [-0.4, -0.2) is 71.0 Å². The van der Waals surface area contributed by atoms with Gasteiger partial charge in [-0.2, -0.15) is 0 Å². The molecule has 0 radical (unpaired) electrons. The molecule has 0 amide bonds. The van der Waals surface area contributed by atoms with Crippen LogP contribution in [0.4, 0.5) is 10.3 Å². The molecule has 1 fully saturated rings. The van der Waals surface area contributed by atoms with Crippen molar-refractivity contribution in [1.82, 2.24) is 34.5 Å². The fraction of sp³-hybridized carbons (Fsp3) is 0.474. The molecule has 4 aromatic rings. The number of halogens is 1. The number of aromatic amines is 2. The van der Waals surface area contributed by atoms with Crippen LogP contribution in [0.1, 0.15) is 17.9 Å². The maximum atomic E-state index is 15.8. The van der Waals surface area contributed by atoms with Crippen LogP contribution in [0.3, 0.4) is 0 Å². The van der Waals surface area contributed by atoms with Crippen LogP contribution in [-0.2, 0) is 52.4 Å². The van der Waals surface area contributed by atoms with Crippen molar-refractivity contribution in [2.45, 2.75) is 44.7 Å². The van der Waals surface area contributed by atoms with Gasteiger partial charge in [-0.15, -0.1) is 0 Å². The van der Waals surface area contributed by atoms with E-state index in [9.17, 15) is 14.3 Å². The number of nitrogens with zero attached hydrogens (tertiary/aromatic N) is 6. The molecule has 220 valence electrons. The number of rotatable bonds is 1. The van der Waals surface area contributed by atoms with Gasteiger partial charge in [0.2, 0.25) is 11.7 Å². The topological polar surface area (TPSA) is 218 Å². The molecule has 41 heavy (non-hydrogen) atoms. The molecule has 0 spiro atoms. The number of imidazole rings is 2. The van der Waals surface area contributed by atoms with Crippen LogP contribution in [0.2, 0.25) is 0 Å². The number of thiol groups is 1. The van der Waals surface area contributed by atoms with Gasteiger partial charge < -0.3 is 29.0 Å². The molecule has 4 aromatic heterocycles. The predicted octanol–water partition coefficient (Wildman–Crippen LogP) is 0.708. The van der Waals surface area contributed by atoms with E-state index in [-0.39, 0.29) is 42.7 Å². The average Bonchev–Trinajstić information content (AvgIpc) is 3.55. The molecule has 6 atom stereocenters. The number of hydrogen-bond acceptors (Lipinski definition) is 13. The van der Waals surface area contributed by atoms with E-state index >= 15 is 4.39 Å². The van der Waals surface area contributed by atoms with Crippen molar-refractivity contribution < 1.29 is 41.2 Å². The minimum atomic E-state index is -4.30. The largest absolute Gasteiger partial charge is 0.387 e. The van der Waals surface area contributed by atoms with Crippen LogP contribution < -0.4 is 15.9 Å². The van der Waals surface area contributed by atoms with Gasteiger partial charge in [0.15, 0.2) is 24.3 Å². The summed E-state index contributed by atoms with van der Waals surface area (Å²) in [5.41, 5.74) is 5.98. The number of nitrogens with two attached hydrogens (primary N) is 1. The molecular formula is C19H23FN9O8P2S2+. The lowest BCUT2D eigenvalue weighted by atomic mass is 10.1. The molecule has 22 heteroatoms. The molecule has 2 unspecified atom stereocenters. The Labute approximate surface area is 239 Å². The Bertz CT molecular complexity index is 1800. The highest BCUT2D eigenvalue weighted by Gasteiger charge is 2.52. The number of anilines is 1. The second-order valence-corrected chi connectivity index (χ2v) is 14.8. The molecule has 1 saturated heterocycles. The summed E-state index contributed by atoms with van der Waals surface area (Å²) >= 11 is 9.18. The monoisotopic (exact) mass is 650 g/mol. The maximum absolute atomic E-state index is 15.8. The lowest BCUT2D eigenvalue weighted by Crippen LogP contribution is -2.46. The van der Waals surface area contributed by atoms with Gasteiger partial charge in [0.05, 0.1) is 19.4 Å². The van der Waals surface area contributed by atoms with Gasteiger partial charge >= 0.3 is 19.2 Å². The Morgan fingerprint density at radius 2 is 2.12 bits per heavy atom. The van der Waals surface area contributed by atoms with Crippen molar-refractivity contribution in [1.29, 1.82) is 0 Å². The SMILES string of the molecule is Cc1ncc2nc3n(c2n1)CCOP(O)(=S)OC[C@H]1O[C@@H]([n+]2c[nH]c4c(=O)[nH]c(N)nc42)[C@H](OP(=O)(S)OC3)[C@@H]1F. The number of fused-ring (bicyclic) bond motifs is 6. The third kappa shape index (κ3) is 5.69. The molecule has 0 aliphatic carbocycles. The summed E-state index contributed by atoms with van der Waals surface area (Å²) < 4.78 is 59.9. The van der Waals surface area contributed by atoms with Gasteiger partial charge in [-0.25, -0.2) is 28.5 Å². The summed E-state index contributed by atoms with van der Waals surface area (Å²) in [6.07, 6.45) is -3.56. The van der Waals surface area contributed by atoms with Gasteiger partial charge in [0.1, 0.15) is 29.9 Å². The smallest absolute Gasteiger partial charge is 0.355 e. The van der Waals surface area contributed by atoms with E-state index in [1.807, 2.05) is 0 Å². The first-order valence-corrected chi connectivity index (χ1v) is 17.2. The Morgan fingerprint density at radius 3 is 2.93 bits per heavy atom. The lowest BCUT2D eigenvalue weighted by Gasteiger charge is -2.22. The van der Waals surface area contributed by atoms with Crippen molar-refractivity contribution in [2.24, 2.45) is 0 Å². The summed E-state index contributed by atoms with van der Waals surface area (Å²) in [4.78, 5) is 45.0. The third-order valence-electron chi connectivity index (χ3n) is 6.32. The molecule has 5 N–H and O–H groups in total. The number of nitrogen functional groups attached to an aromatic ring is 1. The van der Waals surface area contributed by atoms with Gasteiger partial charge in [0, 0.05) is 6.54 Å². The van der Waals surface area contributed by atoms with E-state index in [2.05, 4.69) is 42.2 Å². The standard InChI is InChI=1S/C19H22FN9O8P2S2/c1-8-22-4-9-15(24-8)28-2-3-33-38(31,40)34-5-10-12(20)14(37-39(32,41)35-6-11(28)25-9)18(36-10)29-7-23-13-16(29)26-19(21)27-17(13)30/h4,7,10,12,14,18H,2-3,5-6H2,1H3,(H5,21,26,27,30,31,32,40,41)/p+1/t10-,12-,14-,18-,38?,39?/m1/s1. The summed E-state index contributed by atoms with van der Waals surface area (Å²) in [7, 11) is 0. The summed E-state index contributed by atoms with van der Waals surface area (Å²) in [6.45, 7) is -7.42. The summed E-state index contributed by atoms with van der Waals surface area (Å²) in [5, 5.41) is 0. The van der Waals surface area contributed by atoms with Gasteiger partial charge in [-0.1, -0.05) is 17.2 Å². The minimum Gasteiger partial charge on any atom is -0.355 e. The van der Waals surface area contributed by atoms with Crippen LogP contribution in [0.15, 0.2) is 17.3 Å². The zero-order chi connectivity index (χ0) is 29.1. The quantitative estimate of drug-likeness (QED) is 0.109. The first-order chi connectivity index (χ1) is 19.4. The fourth-order valence-corrected chi connectivity index (χ4v) is 7.02. The van der Waals surface area contributed by atoms with Gasteiger partial charge in [0.25, 0.3) is 11.5 Å².